The number of thioether (sulfide) groups is 1. The minimum absolute atomic E-state index is 0.306. The van der Waals surface area contributed by atoms with Crippen LogP contribution in [0.25, 0.3) is 0 Å². The summed E-state index contributed by atoms with van der Waals surface area (Å²) in [6.07, 6.45) is 2.74. The van der Waals surface area contributed by atoms with Gasteiger partial charge in [0.15, 0.2) is 5.17 Å². The van der Waals surface area contributed by atoms with Gasteiger partial charge in [-0.15, -0.1) is 0 Å². The molecule has 1 aliphatic rings. The van der Waals surface area contributed by atoms with Crippen LogP contribution >= 0.6 is 11.8 Å². The summed E-state index contributed by atoms with van der Waals surface area (Å²) in [7, 11) is 0. The molecule has 0 bridgehead atoms. The predicted molar refractivity (Wildman–Crippen MR) is 92.8 cm³/mol. The van der Waals surface area contributed by atoms with Crippen molar-refractivity contribution in [3.63, 3.8) is 0 Å². The Bertz CT molecular complexity index is 473. The summed E-state index contributed by atoms with van der Waals surface area (Å²) < 4.78 is 10.6. The molecule has 0 aliphatic heterocycles. The number of hydrogen-bond donors (Lipinski definition) is 0. The molecule has 1 fully saturated rings. The lowest BCUT2D eigenvalue weighted by Gasteiger charge is -2.27. The van der Waals surface area contributed by atoms with E-state index in [-0.39, 0.29) is 0 Å². The number of hydrogen-bond acceptors (Lipinski definition) is 5. The number of amides is 2. The van der Waals surface area contributed by atoms with Gasteiger partial charge in [0.1, 0.15) is 11.2 Å². The zero-order chi connectivity index (χ0) is 17.8. The number of carbonyl (C=O) groups excluding carboxylic acids is 2. The minimum atomic E-state index is -0.703. The van der Waals surface area contributed by atoms with Crippen LogP contribution in [0.3, 0.4) is 0 Å². The lowest BCUT2D eigenvalue weighted by atomic mass is 10.2. The largest absolute Gasteiger partial charge is 0.443 e. The highest BCUT2D eigenvalue weighted by atomic mass is 32.2. The molecule has 23 heavy (non-hydrogen) atoms. The molecule has 132 valence electrons. The molecule has 0 heterocycles. The van der Waals surface area contributed by atoms with Crippen LogP contribution in [0.2, 0.25) is 0 Å². The summed E-state index contributed by atoms with van der Waals surface area (Å²) in [5.74, 6) is 0.443. The van der Waals surface area contributed by atoms with Gasteiger partial charge in [0.2, 0.25) is 0 Å². The molecule has 0 spiro atoms. The van der Waals surface area contributed by atoms with Crippen molar-refractivity contribution in [1.82, 2.24) is 4.90 Å². The maximum atomic E-state index is 12.4. The molecule has 7 heteroatoms. The molecule has 0 unspecified atom stereocenters. The van der Waals surface area contributed by atoms with Gasteiger partial charge in [-0.1, -0.05) is 11.8 Å². The Balaban J connectivity index is 2.92. The van der Waals surface area contributed by atoms with E-state index in [0.717, 1.165) is 12.8 Å². The van der Waals surface area contributed by atoms with Crippen LogP contribution in [0.5, 0.6) is 0 Å². The molecule has 2 amide bonds. The van der Waals surface area contributed by atoms with E-state index in [1.54, 1.807) is 27.0 Å². The van der Waals surface area contributed by atoms with Crippen LogP contribution in [0.4, 0.5) is 9.59 Å². The van der Waals surface area contributed by atoms with Crippen molar-refractivity contribution in [2.75, 3.05) is 12.8 Å². The summed E-state index contributed by atoms with van der Waals surface area (Å²) in [6, 6.07) is 0. The molecule has 0 N–H and O–H groups in total. The Morgan fingerprint density at radius 1 is 1.09 bits per heavy atom. The van der Waals surface area contributed by atoms with E-state index in [4.69, 9.17) is 9.47 Å². The molecular formula is C16H28N2O4S. The Morgan fingerprint density at radius 3 is 2.00 bits per heavy atom. The molecule has 0 aromatic rings. The highest BCUT2D eigenvalue weighted by Gasteiger charge is 2.32. The lowest BCUT2D eigenvalue weighted by Crippen LogP contribution is -2.41. The van der Waals surface area contributed by atoms with Crippen molar-refractivity contribution in [3.05, 3.63) is 0 Å². The summed E-state index contributed by atoms with van der Waals surface area (Å²) in [4.78, 5) is 29.8. The van der Waals surface area contributed by atoms with E-state index in [1.165, 1.54) is 16.7 Å². The molecule has 1 saturated carbocycles. The van der Waals surface area contributed by atoms with Crippen LogP contribution in [-0.2, 0) is 9.47 Å². The number of amidine groups is 1. The van der Waals surface area contributed by atoms with Gasteiger partial charge >= 0.3 is 12.2 Å². The first-order chi connectivity index (χ1) is 10.4. The van der Waals surface area contributed by atoms with Crippen molar-refractivity contribution in [1.29, 1.82) is 0 Å². The Labute approximate surface area is 143 Å². The van der Waals surface area contributed by atoms with E-state index >= 15 is 0 Å². The van der Waals surface area contributed by atoms with Crippen molar-refractivity contribution in [2.45, 2.75) is 65.6 Å². The van der Waals surface area contributed by atoms with Crippen molar-refractivity contribution >= 4 is 29.1 Å². The van der Waals surface area contributed by atoms with E-state index in [9.17, 15) is 9.59 Å². The number of ether oxygens (including phenoxy) is 2. The summed E-state index contributed by atoms with van der Waals surface area (Å²) in [6.45, 7) is 11.3. The quantitative estimate of drug-likeness (QED) is 0.552. The highest BCUT2D eigenvalue weighted by Crippen LogP contribution is 2.31. The number of carbonyl (C=O) groups is 2. The van der Waals surface area contributed by atoms with Gasteiger partial charge in [-0.25, -0.2) is 9.59 Å². The fourth-order valence-corrected chi connectivity index (χ4v) is 2.22. The second-order valence-electron chi connectivity index (χ2n) is 7.61. The molecule has 0 atom stereocenters. The monoisotopic (exact) mass is 344 g/mol. The fourth-order valence-electron chi connectivity index (χ4n) is 1.69. The molecule has 1 rings (SSSR count). The van der Waals surface area contributed by atoms with Gasteiger partial charge in [-0.2, -0.15) is 4.99 Å². The smallest absolute Gasteiger partial charge is 0.436 e. The molecule has 0 aromatic carbocycles. The van der Waals surface area contributed by atoms with Crippen LogP contribution in [0, 0.1) is 5.92 Å². The fraction of sp³-hybridized carbons (Fsp3) is 0.812. The first-order valence-electron chi connectivity index (χ1n) is 7.77. The summed E-state index contributed by atoms with van der Waals surface area (Å²) in [5, 5.41) is 0.306. The Hall–Kier alpha value is -1.24. The zero-order valence-electron chi connectivity index (χ0n) is 15.1. The first-order valence-corrected chi connectivity index (χ1v) is 9.00. The van der Waals surface area contributed by atoms with E-state index < -0.39 is 23.4 Å². The third-order valence-electron chi connectivity index (χ3n) is 2.75. The summed E-state index contributed by atoms with van der Waals surface area (Å²) >= 11 is 1.23. The topological polar surface area (TPSA) is 68.2 Å². The van der Waals surface area contributed by atoms with Crippen LogP contribution in [0.1, 0.15) is 54.4 Å². The SMILES string of the molecule is CS/C(=N\C(=O)OC(C)(C)C)N(CC1CC1)C(=O)OC(C)(C)C. The zero-order valence-corrected chi connectivity index (χ0v) is 16.0. The third kappa shape index (κ3) is 8.25. The average Bonchev–Trinajstić information content (AvgIpc) is 3.12. The van der Waals surface area contributed by atoms with Gasteiger partial charge in [0.25, 0.3) is 0 Å². The number of aliphatic imine (C=N–C) groups is 1. The van der Waals surface area contributed by atoms with Gasteiger partial charge in [0.05, 0.1) is 0 Å². The van der Waals surface area contributed by atoms with Crippen LogP contribution < -0.4 is 0 Å². The van der Waals surface area contributed by atoms with Crippen molar-refractivity contribution in [2.24, 2.45) is 10.9 Å². The standard InChI is InChI=1S/C16H28N2O4S/c1-15(2,3)21-13(19)17-12(23-7)18(10-11-8-9-11)14(20)22-16(4,5)6/h11H,8-10H2,1-7H3/b17-12-. The Kier molecular flexibility index (Phi) is 6.50. The average molecular weight is 344 g/mol. The van der Waals surface area contributed by atoms with Crippen LogP contribution in [-0.4, -0.2) is 46.3 Å². The van der Waals surface area contributed by atoms with Gasteiger partial charge in [-0.05, 0) is 66.6 Å². The van der Waals surface area contributed by atoms with E-state index in [1.807, 2.05) is 20.8 Å². The molecular weight excluding hydrogens is 316 g/mol. The number of rotatable bonds is 2. The first kappa shape index (κ1) is 19.8. The third-order valence-corrected chi connectivity index (χ3v) is 3.42. The second-order valence-corrected chi connectivity index (χ2v) is 8.39. The maximum absolute atomic E-state index is 12.4. The molecule has 0 saturated heterocycles. The van der Waals surface area contributed by atoms with Crippen molar-refractivity contribution in [3.8, 4) is 0 Å². The van der Waals surface area contributed by atoms with Gasteiger partial charge in [-0.3, -0.25) is 4.90 Å². The van der Waals surface area contributed by atoms with E-state index in [0.29, 0.717) is 17.6 Å². The Morgan fingerprint density at radius 2 is 1.61 bits per heavy atom. The van der Waals surface area contributed by atoms with Crippen molar-refractivity contribution < 1.29 is 19.1 Å². The van der Waals surface area contributed by atoms with Crippen LogP contribution in [0.15, 0.2) is 4.99 Å². The predicted octanol–water partition coefficient (Wildman–Crippen LogP) is 4.29. The second kappa shape index (κ2) is 7.55. The number of nitrogens with zero attached hydrogens (tertiary/aromatic N) is 2. The van der Waals surface area contributed by atoms with Gasteiger partial charge < -0.3 is 9.47 Å². The minimum Gasteiger partial charge on any atom is -0.443 e. The van der Waals surface area contributed by atoms with Gasteiger partial charge in [0, 0.05) is 6.54 Å². The molecule has 6 nitrogen and oxygen atoms in total. The molecule has 0 aromatic heterocycles. The molecule has 1 aliphatic carbocycles. The van der Waals surface area contributed by atoms with E-state index in [2.05, 4.69) is 4.99 Å². The summed E-state index contributed by atoms with van der Waals surface area (Å²) in [5.41, 5.74) is -1.23. The lowest BCUT2D eigenvalue weighted by molar-refractivity contribution is 0.0367. The normalized spacial score (nSPS) is 16.0. The maximum Gasteiger partial charge on any atom is 0.436 e. The molecule has 0 radical (unpaired) electrons. The highest BCUT2D eigenvalue weighted by molar-refractivity contribution is 8.13.